The Morgan fingerprint density at radius 3 is 2.62 bits per heavy atom. The Bertz CT molecular complexity index is 1160. The van der Waals surface area contributed by atoms with E-state index in [0.717, 1.165) is 0 Å². The average molecular weight is 468 g/mol. The van der Waals surface area contributed by atoms with Gasteiger partial charge in [-0.3, -0.25) is 9.78 Å². The van der Waals surface area contributed by atoms with E-state index in [9.17, 15) is 18.7 Å². The van der Waals surface area contributed by atoms with E-state index in [-0.39, 0.29) is 37.5 Å². The van der Waals surface area contributed by atoms with Gasteiger partial charge in [0.05, 0.1) is 17.0 Å². The summed E-state index contributed by atoms with van der Waals surface area (Å²) >= 11 is 0. The molecular formula is C25H27F2N5O2. The second kappa shape index (κ2) is 9.42. The van der Waals surface area contributed by atoms with Crippen molar-refractivity contribution in [1.82, 2.24) is 20.5 Å². The second-order valence-electron chi connectivity index (χ2n) is 9.35. The summed E-state index contributed by atoms with van der Waals surface area (Å²) in [6.07, 6.45) is 0.924. The molecule has 1 aliphatic carbocycles. The molecule has 1 fully saturated rings. The molecule has 0 atom stereocenters. The highest BCUT2D eigenvalue weighted by atomic mass is 19.1. The van der Waals surface area contributed by atoms with Gasteiger partial charge in [0.2, 0.25) is 0 Å². The molecule has 2 aromatic heterocycles. The number of alkyl halides is 1. The summed E-state index contributed by atoms with van der Waals surface area (Å²) in [4.78, 5) is 16.5. The molecule has 2 heterocycles. The normalized spacial score (nSPS) is 19.9. The first-order valence-electron chi connectivity index (χ1n) is 11.1. The van der Waals surface area contributed by atoms with Crippen molar-refractivity contribution in [3.8, 4) is 11.3 Å². The lowest BCUT2D eigenvalue weighted by Gasteiger charge is -2.44. The smallest absolute Gasteiger partial charge is 0.251 e. The molecule has 178 valence electrons. The Labute approximate surface area is 196 Å². The van der Waals surface area contributed by atoms with Gasteiger partial charge in [-0.2, -0.15) is 0 Å². The summed E-state index contributed by atoms with van der Waals surface area (Å²) < 4.78 is 28.1. The minimum absolute atomic E-state index is 0.128. The van der Waals surface area contributed by atoms with Gasteiger partial charge in [0.15, 0.2) is 0 Å². The Balaban J connectivity index is 1.44. The van der Waals surface area contributed by atoms with Crippen molar-refractivity contribution in [3.63, 3.8) is 0 Å². The molecule has 1 aromatic carbocycles. The van der Waals surface area contributed by atoms with Crippen molar-refractivity contribution in [3.05, 3.63) is 71.8 Å². The van der Waals surface area contributed by atoms with Gasteiger partial charge in [0.1, 0.15) is 17.8 Å². The van der Waals surface area contributed by atoms with Gasteiger partial charge in [-0.05, 0) is 63.1 Å². The first-order chi connectivity index (χ1) is 16.2. The van der Waals surface area contributed by atoms with Crippen molar-refractivity contribution in [2.24, 2.45) is 0 Å². The number of carbonyl (C=O) groups excluding carboxylic acids is 1. The third-order valence-electron chi connectivity index (χ3n) is 5.86. The van der Waals surface area contributed by atoms with E-state index >= 15 is 0 Å². The number of nitrogens with one attached hydrogen (secondary N) is 2. The van der Waals surface area contributed by atoms with E-state index < -0.39 is 23.0 Å². The van der Waals surface area contributed by atoms with Gasteiger partial charge in [0.25, 0.3) is 5.91 Å². The van der Waals surface area contributed by atoms with Gasteiger partial charge >= 0.3 is 0 Å². The standard InChI is InChI=1S/C25H27F2N5O2/c1-24(2,34)14-30-23(33)17-6-3-5-16(11-17)20-8-9-21(32-31-20)29-15-25(12-18(26)13-25)22-19(27)7-4-10-28-22/h3-11,18,34H,12-15H2,1-2H3,(H,29,32)(H,30,33). The third kappa shape index (κ3) is 5.36. The fourth-order valence-electron chi connectivity index (χ4n) is 4.04. The van der Waals surface area contributed by atoms with Crippen LogP contribution in [-0.4, -0.2) is 51.1 Å². The number of hydrogen-bond acceptors (Lipinski definition) is 6. The Hall–Kier alpha value is -3.46. The van der Waals surface area contributed by atoms with E-state index in [1.54, 1.807) is 44.2 Å². The van der Waals surface area contributed by atoms with Crippen LogP contribution in [0.2, 0.25) is 0 Å². The molecule has 1 saturated carbocycles. The molecule has 0 saturated heterocycles. The topological polar surface area (TPSA) is 100 Å². The number of benzene rings is 1. The summed E-state index contributed by atoms with van der Waals surface area (Å²) in [5.41, 5.74) is 0.252. The number of carbonyl (C=O) groups is 1. The zero-order valence-electron chi connectivity index (χ0n) is 19.1. The monoisotopic (exact) mass is 467 g/mol. The molecule has 1 amide bonds. The molecule has 3 aromatic rings. The lowest BCUT2D eigenvalue weighted by molar-refractivity contribution is 0.0694. The first-order valence-corrected chi connectivity index (χ1v) is 11.1. The Kier molecular flexibility index (Phi) is 6.56. The number of hydrogen-bond donors (Lipinski definition) is 3. The largest absolute Gasteiger partial charge is 0.389 e. The van der Waals surface area contributed by atoms with E-state index in [2.05, 4.69) is 25.8 Å². The maximum atomic E-state index is 14.3. The molecule has 0 radical (unpaired) electrons. The first kappa shape index (κ1) is 23.7. The summed E-state index contributed by atoms with van der Waals surface area (Å²) in [5.74, 6) is -0.265. The Morgan fingerprint density at radius 1 is 1.18 bits per heavy atom. The van der Waals surface area contributed by atoms with Crippen molar-refractivity contribution in [1.29, 1.82) is 0 Å². The predicted octanol–water partition coefficient (Wildman–Crippen LogP) is 3.66. The highest BCUT2D eigenvalue weighted by Gasteiger charge is 2.48. The summed E-state index contributed by atoms with van der Waals surface area (Å²) in [6.45, 7) is 3.64. The number of rotatable bonds is 8. The molecule has 34 heavy (non-hydrogen) atoms. The summed E-state index contributed by atoms with van der Waals surface area (Å²) in [6, 6.07) is 13.3. The number of nitrogens with zero attached hydrogens (tertiary/aromatic N) is 3. The fraction of sp³-hybridized carbons (Fsp3) is 0.360. The van der Waals surface area contributed by atoms with Crippen LogP contribution in [-0.2, 0) is 5.41 Å². The molecule has 4 rings (SSSR count). The fourth-order valence-corrected chi connectivity index (χ4v) is 4.04. The predicted molar refractivity (Wildman–Crippen MR) is 125 cm³/mol. The number of aliphatic hydroxyl groups is 1. The van der Waals surface area contributed by atoms with Gasteiger partial charge in [-0.1, -0.05) is 12.1 Å². The van der Waals surface area contributed by atoms with Crippen molar-refractivity contribution in [2.45, 2.75) is 43.9 Å². The van der Waals surface area contributed by atoms with E-state index in [0.29, 0.717) is 22.6 Å². The molecule has 0 aliphatic heterocycles. The van der Waals surface area contributed by atoms with Crippen LogP contribution in [0.25, 0.3) is 11.3 Å². The van der Waals surface area contributed by atoms with Crippen molar-refractivity contribution < 1.29 is 18.7 Å². The lowest BCUT2D eigenvalue weighted by Crippen LogP contribution is -2.49. The average Bonchev–Trinajstić information content (AvgIpc) is 2.80. The zero-order valence-corrected chi connectivity index (χ0v) is 19.1. The second-order valence-corrected chi connectivity index (χ2v) is 9.35. The number of aromatic nitrogens is 3. The molecular weight excluding hydrogens is 440 g/mol. The quantitative estimate of drug-likeness (QED) is 0.468. The third-order valence-corrected chi connectivity index (χ3v) is 5.86. The maximum Gasteiger partial charge on any atom is 0.251 e. The molecule has 3 N–H and O–H groups in total. The van der Waals surface area contributed by atoms with Crippen LogP contribution in [0, 0.1) is 5.82 Å². The number of amides is 1. The summed E-state index contributed by atoms with van der Waals surface area (Å²) in [7, 11) is 0. The SMILES string of the molecule is CC(C)(O)CNC(=O)c1cccc(-c2ccc(NCC3(c4ncccc4F)CC(F)C3)nn2)c1. The number of halogens is 2. The lowest BCUT2D eigenvalue weighted by atomic mass is 9.65. The van der Waals surface area contributed by atoms with Crippen LogP contribution in [0.15, 0.2) is 54.7 Å². The van der Waals surface area contributed by atoms with Gasteiger partial charge < -0.3 is 15.7 Å². The highest BCUT2D eigenvalue weighted by molar-refractivity contribution is 5.95. The van der Waals surface area contributed by atoms with Crippen molar-refractivity contribution >= 4 is 11.7 Å². The van der Waals surface area contributed by atoms with Crippen LogP contribution in [0.3, 0.4) is 0 Å². The van der Waals surface area contributed by atoms with Gasteiger partial charge in [-0.25, -0.2) is 8.78 Å². The Morgan fingerprint density at radius 2 is 1.97 bits per heavy atom. The number of anilines is 1. The van der Waals surface area contributed by atoms with Crippen LogP contribution in [0.5, 0.6) is 0 Å². The molecule has 7 nitrogen and oxygen atoms in total. The van der Waals surface area contributed by atoms with Crippen LogP contribution >= 0.6 is 0 Å². The van der Waals surface area contributed by atoms with Crippen LogP contribution in [0.1, 0.15) is 42.7 Å². The maximum absolute atomic E-state index is 14.3. The van der Waals surface area contributed by atoms with Crippen LogP contribution < -0.4 is 10.6 Å². The van der Waals surface area contributed by atoms with E-state index in [4.69, 9.17) is 0 Å². The summed E-state index contributed by atoms with van der Waals surface area (Å²) in [5, 5.41) is 24.1. The van der Waals surface area contributed by atoms with E-state index in [1.807, 2.05) is 6.07 Å². The molecule has 0 unspecified atom stereocenters. The van der Waals surface area contributed by atoms with E-state index in [1.165, 1.54) is 18.3 Å². The van der Waals surface area contributed by atoms with Gasteiger partial charge in [-0.15, -0.1) is 10.2 Å². The molecule has 9 heteroatoms. The zero-order chi connectivity index (χ0) is 24.3. The number of pyridine rings is 1. The molecule has 1 aliphatic rings. The minimum Gasteiger partial charge on any atom is -0.389 e. The minimum atomic E-state index is -1.01. The van der Waals surface area contributed by atoms with Gasteiger partial charge in [0, 0.05) is 35.8 Å². The molecule has 0 spiro atoms. The van der Waals surface area contributed by atoms with Crippen LogP contribution in [0.4, 0.5) is 14.6 Å². The molecule has 0 bridgehead atoms. The highest BCUT2D eigenvalue weighted by Crippen LogP contribution is 2.45. The van der Waals surface area contributed by atoms with Crippen molar-refractivity contribution in [2.75, 3.05) is 18.4 Å².